The van der Waals surface area contributed by atoms with Gasteiger partial charge in [-0.1, -0.05) is 61.8 Å². The average Bonchev–Trinajstić information content (AvgIpc) is 3.17. The van der Waals surface area contributed by atoms with E-state index in [1.54, 1.807) is 5.92 Å². The predicted molar refractivity (Wildman–Crippen MR) is 123 cm³/mol. The third-order valence-electron chi connectivity index (χ3n) is 6.95. The Kier molecular flexibility index (Phi) is 15.6. The molecule has 0 N–H and O–H groups in total. The van der Waals surface area contributed by atoms with Gasteiger partial charge >= 0.3 is 25.8 Å². The summed E-state index contributed by atoms with van der Waals surface area (Å²) in [6, 6.07) is 0. The van der Waals surface area contributed by atoms with E-state index in [9.17, 15) is 0 Å². The van der Waals surface area contributed by atoms with Crippen molar-refractivity contribution in [3.63, 3.8) is 0 Å². The zero-order valence-corrected chi connectivity index (χ0v) is 23.8. The smallest absolute Gasteiger partial charge is 0.358 e. The van der Waals surface area contributed by atoms with Crippen LogP contribution >= 0.6 is 0 Å². The predicted octanol–water partition coefficient (Wildman–Crippen LogP) is 7.97. The first-order valence-corrected chi connectivity index (χ1v) is 10.1. The van der Waals surface area contributed by atoms with Gasteiger partial charge in [0.25, 0.3) is 0 Å². The van der Waals surface area contributed by atoms with Crippen LogP contribution < -0.4 is 0 Å². The van der Waals surface area contributed by atoms with Gasteiger partial charge in [0.2, 0.25) is 0 Å². The normalized spacial score (nSPS) is 31.0. The Morgan fingerprint density at radius 3 is 1.50 bits per heavy atom. The summed E-state index contributed by atoms with van der Waals surface area (Å²) in [6.45, 7) is 18.2. The molecule has 0 bridgehead atoms. The van der Waals surface area contributed by atoms with Crippen LogP contribution in [0, 0.1) is 99.7 Å². The van der Waals surface area contributed by atoms with Crippen molar-refractivity contribution in [2.45, 2.75) is 74.7 Å². The first-order valence-electron chi connectivity index (χ1n) is 10.1. The van der Waals surface area contributed by atoms with E-state index in [4.69, 9.17) is 0 Å². The molecule has 3 aliphatic rings. The molecule has 28 heavy (non-hydrogen) atoms. The Bertz CT molecular complexity index is 339. The van der Waals surface area contributed by atoms with Crippen LogP contribution in [0.25, 0.3) is 0 Å². The molecule has 154 valence electrons. The van der Waals surface area contributed by atoms with Crippen LogP contribution in [-0.2, 0) is 25.8 Å². The van der Waals surface area contributed by atoms with Gasteiger partial charge in [-0.3, -0.25) is 0 Å². The third kappa shape index (κ3) is 7.53. The van der Waals surface area contributed by atoms with E-state index in [-0.39, 0.29) is 40.7 Å². The summed E-state index contributed by atoms with van der Waals surface area (Å²) in [7, 11) is 0. The SMILES string of the molecule is CC(C)[C@@H]1CC[C@@H](C)C[C@H]1[C]1[CH][CH][CH][CH]1.C[C]1[C](C)[C](C)[C](C)[C]1C.[CH3-].[CH3-].[Hf+4]. The molecule has 0 unspecified atom stereocenters. The zero-order valence-electron chi connectivity index (χ0n) is 20.2. The van der Waals surface area contributed by atoms with Crippen LogP contribution in [0.15, 0.2) is 0 Å². The molecular weight excluding hydrogens is 503 g/mol. The Balaban J connectivity index is 0. The van der Waals surface area contributed by atoms with Gasteiger partial charge in [0, 0.05) is 0 Å². The molecule has 3 aliphatic carbocycles. The Morgan fingerprint density at radius 1 is 0.750 bits per heavy atom. The van der Waals surface area contributed by atoms with E-state index in [2.05, 4.69) is 81.1 Å². The van der Waals surface area contributed by atoms with Gasteiger partial charge in [-0.2, -0.15) is 0 Å². The Hall–Kier alpha value is 0.870. The Morgan fingerprint density at radius 2 is 1.14 bits per heavy atom. The molecule has 0 heterocycles. The van der Waals surface area contributed by atoms with Crippen LogP contribution in [-0.4, -0.2) is 0 Å². The molecule has 0 amide bonds. The standard InChI is InChI=1S/C15H23.C10H15.2CH3.Hf/c1-11(2)14-9-8-12(3)10-15(14)13-6-4-5-7-13;1-6-7(2)9(4)10(5)8(6)3;;;/h4-7,11-12,14-15H,8-10H2,1-3H3;1-5H3;2*1H3;/q;;2*-1;+4/t12-,14+,15+;;;;/m1..../s1. The topological polar surface area (TPSA) is 0 Å². The fourth-order valence-corrected chi connectivity index (χ4v) is 4.63. The van der Waals surface area contributed by atoms with Gasteiger partial charge in [0.1, 0.15) is 0 Å². The van der Waals surface area contributed by atoms with E-state index in [1.165, 1.54) is 48.9 Å². The summed E-state index contributed by atoms with van der Waals surface area (Å²) < 4.78 is 0. The van der Waals surface area contributed by atoms with Gasteiger partial charge in [-0.05, 0) is 97.7 Å². The summed E-state index contributed by atoms with van der Waals surface area (Å²) in [5, 5.41) is 0. The molecular formula is C27H44Hf+2. The summed E-state index contributed by atoms with van der Waals surface area (Å²) >= 11 is 0. The Labute approximate surface area is 199 Å². The minimum atomic E-state index is 0. The second-order valence-electron chi connectivity index (χ2n) is 8.78. The molecule has 0 aromatic carbocycles. The summed E-state index contributed by atoms with van der Waals surface area (Å²) in [5.74, 6) is 12.4. The molecule has 0 aliphatic heterocycles. The van der Waals surface area contributed by atoms with Crippen molar-refractivity contribution in [3.8, 4) is 0 Å². The molecule has 10 radical (unpaired) electrons. The van der Waals surface area contributed by atoms with Crippen molar-refractivity contribution in [3.05, 3.63) is 76.0 Å². The summed E-state index contributed by atoms with van der Waals surface area (Å²) in [6.07, 6.45) is 13.3. The molecule has 0 saturated heterocycles. The molecule has 3 saturated carbocycles. The maximum absolute atomic E-state index is 2.41. The van der Waals surface area contributed by atoms with Crippen molar-refractivity contribution in [2.75, 3.05) is 0 Å². The van der Waals surface area contributed by atoms with Crippen molar-refractivity contribution in [2.24, 2.45) is 23.7 Å². The van der Waals surface area contributed by atoms with Gasteiger partial charge < -0.3 is 14.9 Å². The van der Waals surface area contributed by atoms with Crippen molar-refractivity contribution in [1.29, 1.82) is 0 Å². The maximum Gasteiger partial charge on any atom is 4.00 e. The first kappa shape index (κ1) is 31.1. The van der Waals surface area contributed by atoms with Crippen molar-refractivity contribution in [1.82, 2.24) is 0 Å². The number of hydrogen-bond acceptors (Lipinski definition) is 0. The van der Waals surface area contributed by atoms with Crippen molar-refractivity contribution >= 4 is 0 Å². The van der Waals surface area contributed by atoms with Crippen LogP contribution in [0.1, 0.15) is 74.7 Å². The largest absolute Gasteiger partial charge is 4.00 e. The minimum absolute atomic E-state index is 0. The van der Waals surface area contributed by atoms with E-state index in [0.29, 0.717) is 0 Å². The second-order valence-corrected chi connectivity index (χ2v) is 8.78. The monoisotopic (exact) mass is 548 g/mol. The molecule has 3 fully saturated rings. The zero-order chi connectivity index (χ0) is 18.7. The van der Waals surface area contributed by atoms with E-state index < -0.39 is 0 Å². The fraction of sp³-hybridized carbons (Fsp3) is 0.556. The third-order valence-corrected chi connectivity index (χ3v) is 6.95. The second kappa shape index (κ2) is 14.0. The van der Waals surface area contributed by atoms with Crippen LogP contribution in [0.5, 0.6) is 0 Å². The summed E-state index contributed by atoms with van der Waals surface area (Å²) in [5.41, 5.74) is 0. The molecule has 0 spiro atoms. The van der Waals surface area contributed by atoms with E-state index in [0.717, 1.165) is 23.7 Å². The molecule has 3 rings (SSSR count). The van der Waals surface area contributed by atoms with Crippen LogP contribution in [0.4, 0.5) is 0 Å². The van der Waals surface area contributed by atoms with Crippen LogP contribution in [0.2, 0.25) is 0 Å². The summed E-state index contributed by atoms with van der Waals surface area (Å²) in [4.78, 5) is 0. The quantitative estimate of drug-likeness (QED) is 0.243. The molecule has 0 aromatic heterocycles. The minimum Gasteiger partial charge on any atom is -0.358 e. The van der Waals surface area contributed by atoms with Crippen molar-refractivity contribution < 1.29 is 25.8 Å². The molecule has 3 atom stereocenters. The molecule has 0 aromatic rings. The van der Waals surface area contributed by atoms with Gasteiger partial charge in [0.05, 0.1) is 0 Å². The van der Waals surface area contributed by atoms with E-state index >= 15 is 0 Å². The van der Waals surface area contributed by atoms with Gasteiger partial charge in [-0.25, -0.2) is 0 Å². The molecule has 0 nitrogen and oxygen atoms in total. The fourth-order valence-electron chi connectivity index (χ4n) is 4.63. The van der Waals surface area contributed by atoms with Gasteiger partial charge in [0.15, 0.2) is 0 Å². The molecule has 1 heteroatoms. The van der Waals surface area contributed by atoms with E-state index in [1.807, 2.05) is 0 Å². The van der Waals surface area contributed by atoms with Crippen LogP contribution in [0.3, 0.4) is 0 Å². The number of rotatable bonds is 2. The number of hydrogen-bond donors (Lipinski definition) is 0. The van der Waals surface area contributed by atoms with Gasteiger partial charge in [-0.15, -0.1) is 0 Å². The average molecular weight is 547 g/mol. The first-order chi connectivity index (χ1) is 11.7. The maximum atomic E-state index is 2.41.